The molecule has 0 heterocycles. The van der Waals surface area contributed by atoms with Crippen molar-refractivity contribution in [2.75, 3.05) is 18.5 Å². The molecule has 34 heavy (non-hydrogen) atoms. The molecule has 2 aromatic rings. The maximum atomic E-state index is 12.6. The van der Waals surface area contributed by atoms with E-state index < -0.39 is 28.9 Å². The van der Waals surface area contributed by atoms with Crippen molar-refractivity contribution in [2.45, 2.75) is 25.8 Å². The third kappa shape index (κ3) is 7.89. The van der Waals surface area contributed by atoms with Gasteiger partial charge < -0.3 is 26.4 Å². The Hall–Kier alpha value is -4.48. The van der Waals surface area contributed by atoms with Gasteiger partial charge in [0, 0.05) is 23.9 Å². The first kappa shape index (κ1) is 25.8. The van der Waals surface area contributed by atoms with Gasteiger partial charge in [-0.25, -0.2) is 4.79 Å². The Kier molecular flexibility index (Phi) is 9.50. The Morgan fingerprint density at radius 1 is 1.15 bits per heavy atom. The molecular formula is C22H26N6O6. The van der Waals surface area contributed by atoms with Crippen LogP contribution in [0.3, 0.4) is 0 Å². The number of nitro groups is 1. The average Bonchev–Trinajstić information content (AvgIpc) is 2.79. The van der Waals surface area contributed by atoms with Crippen molar-refractivity contribution in [3.63, 3.8) is 0 Å². The van der Waals surface area contributed by atoms with Crippen molar-refractivity contribution in [2.24, 2.45) is 5.73 Å². The van der Waals surface area contributed by atoms with E-state index in [9.17, 15) is 24.5 Å². The van der Waals surface area contributed by atoms with Crippen LogP contribution >= 0.6 is 0 Å². The Labute approximate surface area is 195 Å². The van der Waals surface area contributed by atoms with Crippen molar-refractivity contribution in [3.05, 3.63) is 69.8 Å². The first-order chi connectivity index (χ1) is 16.2. The van der Waals surface area contributed by atoms with Crippen molar-refractivity contribution in [1.82, 2.24) is 10.6 Å². The summed E-state index contributed by atoms with van der Waals surface area (Å²) in [4.78, 5) is 47.4. The fraction of sp³-hybridized carbons (Fsp3) is 0.273. The second-order valence-corrected chi connectivity index (χ2v) is 7.07. The van der Waals surface area contributed by atoms with Crippen LogP contribution in [0.25, 0.3) is 0 Å². The van der Waals surface area contributed by atoms with Crippen LogP contribution in [0.1, 0.15) is 36.9 Å². The number of carbonyl (C=O) groups is 3. The van der Waals surface area contributed by atoms with Gasteiger partial charge in [0.1, 0.15) is 5.84 Å². The zero-order valence-corrected chi connectivity index (χ0v) is 18.5. The average molecular weight is 470 g/mol. The molecule has 0 saturated carbocycles. The van der Waals surface area contributed by atoms with E-state index in [0.717, 1.165) is 0 Å². The molecular weight excluding hydrogens is 444 g/mol. The summed E-state index contributed by atoms with van der Waals surface area (Å²) in [6, 6.07) is 10.2. The first-order valence-corrected chi connectivity index (χ1v) is 10.4. The van der Waals surface area contributed by atoms with Gasteiger partial charge in [-0.2, -0.15) is 0 Å². The van der Waals surface area contributed by atoms with Crippen LogP contribution in [0.2, 0.25) is 0 Å². The summed E-state index contributed by atoms with van der Waals surface area (Å²) >= 11 is 0. The fourth-order valence-corrected chi connectivity index (χ4v) is 3.04. The van der Waals surface area contributed by atoms with Crippen molar-refractivity contribution in [1.29, 1.82) is 5.41 Å². The molecule has 1 unspecified atom stereocenters. The number of nitrogen functional groups attached to an aromatic ring is 1. The molecule has 2 rings (SSSR count). The molecule has 12 heteroatoms. The zero-order valence-electron chi connectivity index (χ0n) is 18.5. The number of urea groups is 1. The number of nitro benzene ring substituents is 1. The molecule has 12 nitrogen and oxygen atoms in total. The molecule has 6 N–H and O–H groups in total. The molecule has 180 valence electrons. The van der Waals surface area contributed by atoms with Crippen LogP contribution in [-0.2, 0) is 14.3 Å². The van der Waals surface area contributed by atoms with Gasteiger partial charge in [-0.1, -0.05) is 18.2 Å². The normalized spacial score (nSPS) is 11.1. The van der Waals surface area contributed by atoms with Gasteiger partial charge in [0.15, 0.2) is 0 Å². The predicted molar refractivity (Wildman–Crippen MR) is 124 cm³/mol. The third-order valence-electron chi connectivity index (χ3n) is 4.61. The van der Waals surface area contributed by atoms with E-state index in [1.165, 1.54) is 18.2 Å². The molecule has 0 radical (unpaired) electrons. The van der Waals surface area contributed by atoms with E-state index in [0.29, 0.717) is 11.3 Å². The van der Waals surface area contributed by atoms with E-state index in [4.69, 9.17) is 15.9 Å². The molecule has 0 aliphatic heterocycles. The Morgan fingerprint density at radius 2 is 1.82 bits per heavy atom. The maximum absolute atomic E-state index is 12.6. The summed E-state index contributed by atoms with van der Waals surface area (Å²) < 4.78 is 4.80. The summed E-state index contributed by atoms with van der Waals surface area (Å²) in [5, 5.41) is 26.6. The summed E-state index contributed by atoms with van der Waals surface area (Å²) in [6.45, 7) is 1.92. The number of rotatable bonds is 11. The number of amides is 3. The Balaban J connectivity index is 2.13. The minimum absolute atomic E-state index is 0.0238. The lowest BCUT2D eigenvalue weighted by atomic mass is 10.0. The molecule has 1 atom stereocenters. The molecule has 0 fully saturated rings. The lowest BCUT2D eigenvalue weighted by Gasteiger charge is -2.19. The van der Waals surface area contributed by atoms with Crippen LogP contribution < -0.4 is 21.7 Å². The standard InChI is InChI=1S/C22H26N6O6/c1-2-34-20(30)11-12-25-19(29)13-17(16-5-3-4-6-18(16)28(32)33)27-22(31)26-15-9-7-14(8-10-15)21(23)24/h3-10,17H,2,11-13H2,1H3,(H3,23,24)(H,25,29)(H2,26,27,31). The van der Waals surface area contributed by atoms with Gasteiger partial charge in [0.05, 0.1) is 36.0 Å². The van der Waals surface area contributed by atoms with Crippen molar-refractivity contribution in [3.8, 4) is 0 Å². The first-order valence-electron chi connectivity index (χ1n) is 10.4. The molecule has 0 saturated heterocycles. The summed E-state index contributed by atoms with van der Waals surface area (Å²) in [7, 11) is 0. The monoisotopic (exact) mass is 470 g/mol. The quantitative estimate of drug-likeness (QED) is 0.109. The smallest absolute Gasteiger partial charge is 0.319 e. The number of esters is 1. The van der Waals surface area contributed by atoms with E-state index in [1.54, 1.807) is 37.3 Å². The topological polar surface area (TPSA) is 190 Å². The zero-order chi connectivity index (χ0) is 25.1. The SMILES string of the molecule is CCOC(=O)CCNC(=O)CC(NC(=O)Nc1ccc(C(=N)N)cc1)c1ccccc1[N+](=O)[O-]. The number of para-hydroxylation sites is 1. The minimum Gasteiger partial charge on any atom is -0.466 e. The highest BCUT2D eigenvalue weighted by molar-refractivity contribution is 5.96. The lowest BCUT2D eigenvalue weighted by molar-refractivity contribution is -0.385. The number of amidine groups is 1. The number of nitrogens with zero attached hydrogens (tertiary/aromatic N) is 1. The molecule has 0 bridgehead atoms. The van der Waals surface area contributed by atoms with Crippen LogP contribution in [0, 0.1) is 15.5 Å². The van der Waals surface area contributed by atoms with Gasteiger partial charge in [0.2, 0.25) is 5.91 Å². The highest BCUT2D eigenvalue weighted by Gasteiger charge is 2.25. The van der Waals surface area contributed by atoms with Crippen LogP contribution in [-0.4, -0.2) is 41.8 Å². The number of ether oxygens (including phenoxy) is 1. The molecule has 0 aliphatic rings. The number of benzene rings is 2. The van der Waals surface area contributed by atoms with Gasteiger partial charge in [-0.05, 0) is 31.2 Å². The van der Waals surface area contributed by atoms with E-state index in [2.05, 4.69) is 16.0 Å². The Morgan fingerprint density at radius 3 is 2.44 bits per heavy atom. The molecule has 0 aromatic heterocycles. The van der Waals surface area contributed by atoms with Crippen LogP contribution in [0.4, 0.5) is 16.2 Å². The summed E-state index contributed by atoms with van der Waals surface area (Å²) in [5.41, 5.74) is 6.17. The number of anilines is 1. The molecule has 0 aliphatic carbocycles. The second-order valence-electron chi connectivity index (χ2n) is 7.07. The van der Waals surface area contributed by atoms with E-state index in [-0.39, 0.29) is 43.1 Å². The van der Waals surface area contributed by atoms with Crippen molar-refractivity contribution >= 4 is 35.1 Å². The van der Waals surface area contributed by atoms with Gasteiger partial charge >= 0.3 is 12.0 Å². The second kappa shape index (κ2) is 12.5. The number of hydrogen-bond donors (Lipinski definition) is 5. The van der Waals surface area contributed by atoms with Gasteiger partial charge in [-0.15, -0.1) is 0 Å². The van der Waals surface area contributed by atoms with Gasteiger partial charge in [0.25, 0.3) is 5.69 Å². The van der Waals surface area contributed by atoms with Crippen LogP contribution in [0.15, 0.2) is 48.5 Å². The van der Waals surface area contributed by atoms with Gasteiger partial charge in [-0.3, -0.25) is 25.1 Å². The molecule has 0 spiro atoms. The largest absolute Gasteiger partial charge is 0.466 e. The van der Waals surface area contributed by atoms with Crippen molar-refractivity contribution < 1.29 is 24.0 Å². The third-order valence-corrected chi connectivity index (χ3v) is 4.61. The molecule has 2 aromatic carbocycles. The number of hydrogen-bond acceptors (Lipinski definition) is 7. The van der Waals surface area contributed by atoms with Crippen LogP contribution in [0.5, 0.6) is 0 Å². The highest BCUT2D eigenvalue weighted by Crippen LogP contribution is 2.27. The number of carbonyl (C=O) groups excluding carboxylic acids is 3. The Bertz CT molecular complexity index is 1060. The minimum atomic E-state index is -1.03. The maximum Gasteiger partial charge on any atom is 0.319 e. The predicted octanol–water partition coefficient (Wildman–Crippen LogP) is 2.20. The van der Waals surface area contributed by atoms with E-state index in [1.807, 2.05) is 0 Å². The number of nitrogens with one attached hydrogen (secondary N) is 4. The summed E-state index contributed by atoms with van der Waals surface area (Å²) in [6.07, 6.45) is -0.329. The lowest BCUT2D eigenvalue weighted by Crippen LogP contribution is -2.37. The fourth-order valence-electron chi connectivity index (χ4n) is 3.04. The molecule has 3 amide bonds. The highest BCUT2D eigenvalue weighted by atomic mass is 16.6. The van der Waals surface area contributed by atoms with E-state index >= 15 is 0 Å². The number of nitrogens with two attached hydrogens (primary N) is 1. The summed E-state index contributed by atoms with van der Waals surface area (Å²) in [5.74, 6) is -1.11.